The van der Waals surface area contributed by atoms with Gasteiger partial charge in [-0.25, -0.2) is 9.97 Å². The van der Waals surface area contributed by atoms with Gasteiger partial charge < -0.3 is 14.9 Å². The molecule has 2 heterocycles. The lowest BCUT2D eigenvalue weighted by atomic mass is 9.98. The lowest BCUT2D eigenvalue weighted by molar-refractivity contribution is 0.214. The van der Waals surface area contributed by atoms with E-state index in [1.165, 1.54) is 56.5 Å². The van der Waals surface area contributed by atoms with E-state index >= 15 is 0 Å². The molecule has 0 spiro atoms. The highest BCUT2D eigenvalue weighted by molar-refractivity contribution is 5.00. The molecule has 0 bridgehead atoms. The number of unbranched alkanes of at least 4 members (excludes halogenated alkanes) is 1. The second-order valence-corrected chi connectivity index (χ2v) is 7.88. The average Bonchev–Trinajstić information content (AvgIpc) is 3.26. The van der Waals surface area contributed by atoms with E-state index in [-0.39, 0.29) is 0 Å². The molecule has 0 radical (unpaired) electrons. The van der Waals surface area contributed by atoms with Crippen molar-refractivity contribution < 1.29 is 0 Å². The molecular formula is C22H39N5. The Morgan fingerprint density at radius 3 is 1.85 bits per heavy atom. The van der Waals surface area contributed by atoms with Gasteiger partial charge in [0.15, 0.2) is 0 Å². The van der Waals surface area contributed by atoms with Crippen LogP contribution in [0.15, 0.2) is 12.4 Å². The molecule has 0 aliphatic heterocycles. The van der Waals surface area contributed by atoms with Crippen molar-refractivity contribution in [2.75, 3.05) is 19.6 Å². The van der Waals surface area contributed by atoms with Crippen LogP contribution < -0.4 is 0 Å². The lowest BCUT2D eigenvalue weighted by Gasteiger charge is -2.27. The van der Waals surface area contributed by atoms with Crippen LogP contribution in [0.1, 0.15) is 75.4 Å². The van der Waals surface area contributed by atoms with Crippen molar-refractivity contribution in [2.45, 2.75) is 79.1 Å². The maximum absolute atomic E-state index is 4.54. The zero-order valence-corrected chi connectivity index (χ0v) is 17.9. The van der Waals surface area contributed by atoms with E-state index in [1.807, 2.05) is 13.8 Å². The summed E-state index contributed by atoms with van der Waals surface area (Å²) in [5, 5.41) is 0. The smallest absolute Gasteiger partial charge is 0.103 e. The van der Waals surface area contributed by atoms with Crippen molar-refractivity contribution in [2.24, 2.45) is 5.92 Å². The highest BCUT2D eigenvalue weighted by atomic mass is 15.1. The van der Waals surface area contributed by atoms with Crippen LogP contribution in [-0.2, 0) is 12.8 Å². The van der Waals surface area contributed by atoms with Gasteiger partial charge in [0.05, 0.1) is 11.4 Å². The Kier molecular flexibility index (Phi) is 9.60. The Morgan fingerprint density at radius 2 is 1.44 bits per heavy atom. The van der Waals surface area contributed by atoms with Crippen molar-refractivity contribution in [1.82, 2.24) is 24.8 Å². The summed E-state index contributed by atoms with van der Waals surface area (Å²) in [5.41, 5.74) is 2.38. The monoisotopic (exact) mass is 373 g/mol. The predicted molar refractivity (Wildman–Crippen MR) is 113 cm³/mol. The lowest BCUT2D eigenvalue weighted by Crippen LogP contribution is -2.32. The second-order valence-electron chi connectivity index (χ2n) is 7.88. The molecule has 5 heteroatoms. The molecule has 0 aliphatic carbocycles. The molecule has 0 saturated carbocycles. The fraction of sp³-hybridized carbons (Fsp3) is 0.727. The quantitative estimate of drug-likeness (QED) is 0.498. The van der Waals surface area contributed by atoms with Crippen molar-refractivity contribution >= 4 is 0 Å². The second kappa shape index (κ2) is 12.0. The summed E-state index contributed by atoms with van der Waals surface area (Å²) < 4.78 is 0. The first kappa shape index (κ1) is 21.7. The van der Waals surface area contributed by atoms with Gasteiger partial charge in [0.1, 0.15) is 11.6 Å². The van der Waals surface area contributed by atoms with Gasteiger partial charge in [0.2, 0.25) is 0 Å². The number of aromatic amines is 2. The molecule has 0 amide bonds. The zero-order valence-electron chi connectivity index (χ0n) is 17.9. The van der Waals surface area contributed by atoms with E-state index < -0.39 is 0 Å². The minimum atomic E-state index is 0.824. The molecule has 1 unspecified atom stereocenters. The van der Waals surface area contributed by atoms with E-state index in [2.05, 4.69) is 51.1 Å². The first-order valence-corrected chi connectivity index (χ1v) is 10.8. The minimum Gasteiger partial charge on any atom is -0.349 e. The fourth-order valence-electron chi connectivity index (χ4n) is 3.74. The Morgan fingerprint density at radius 1 is 0.889 bits per heavy atom. The van der Waals surface area contributed by atoms with Crippen molar-refractivity contribution in [3.63, 3.8) is 0 Å². The molecule has 152 valence electrons. The van der Waals surface area contributed by atoms with Gasteiger partial charge in [-0.15, -0.1) is 0 Å². The van der Waals surface area contributed by atoms with Crippen LogP contribution in [0.4, 0.5) is 0 Å². The van der Waals surface area contributed by atoms with Crippen LogP contribution in [0, 0.1) is 19.8 Å². The third-order valence-electron chi connectivity index (χ3n) is 5.39. The van der Waals surface area contributed by atoms with Crippen LogP contribution in [0.25, 0.3) is 0 Å². The van der Waals surface area contributed by atoms with E-state index in [4.69, 9.17) is 0 Å². The molecule has 0 fully saturated rings. The van der Waals surface area contributed by atoms with Gasteiger partial charge in [-0.1, -0.05) is 33.1 Å². The normalized spacial score (nSPS) is 12.8. The van der Waals surface area contributed by atoms with Crippen LogP contribution >= 0.6 is 0 Å². The predicted octanol–water partition coefficient (Wildman–Crippen LogP) is 4.83. The molecule has 0 aliphatic rings. The first-order chi connectivity index (χ1) is 13.1. The zero-order chi connectivity index (χ0) is 19.5. The van der Waals surface area contributed by atoms with Gasteiger partial charge in [-0.2, -0.15) is 0 Å². The number of nitrogens with one attached hydrogen (secondary N) is 2. The van der Waals surface area contributed by atoms with E-state index in [1.54, 1.807) is 0 Å². The van der Waals surface area contributed by atoms with Crippen LogP contribution in [0.5, 0.6) is 0 Å². The highest BCUT2D eigenvalue weighted by Gasteiger charge is 2.13. The largest absolute Gasteiger partial charge is 0.349 e. The highest BCUT2D eigenvalue weighted by Crippen LogP contribution is 2.16. The molecule has 2 aromatic rings. The van der Waals surface area contributed by atoms with Crippen LogP contribution in [0.2, 0.25) is 0 Å². The molecule has 1 atom stereocenters. The number of aromatic nitrogens is 4. The van der Waals surface area contributed by atoms with Gasteiger partial charge in [0.25, 0.3) is 0 Å². The maximum Gasteiger partial charge on any atom is 0.103 e. The molecule has 2 rings (SSSR count). The third kappa shape index (κ3) is 8.29. The summed E-state index contributed by atoms with van der Waals surface area (Å²) in [6, 6.07) is 0. The molecule has 0 saturated heterocycles. The standard InChI is InChI=1S/C22H39N5/c1-5-7-10-20(6-2)17-27(13-8-11-21-15-23-18(3)25-21)14-9-12-22-16-24-19(4)26-22/h15-16,20H,5-14,17H2,1-4H3,(H,23,25)(H,24,26). The molecule has 27 heavy (non-hydrogen) atoms. The van der Waals surface area contributed by atoms with E-state index in [0.717, 1.165) is 43.5 Å². The number of H-pyrrole nitrogens is 2. The van der Waals surface area contributed by atoms with Crippen LogP contribution in [-0.4, -0.2) is 44.5 Å². The van der Waals surface area contributed by atoms with E-state index in [9.17, 15) is 0 Å². The van der Waals surface area contributed by atoms with Gasteiger partial charge >= 0.3 is 0 Å². The number of rotatable bonds is 14. The Bertz CT molecular complexity index is 584. The summed E-state index contributed by atoms with van der Waals surface area (Å²) in [6.45, 7) is 12.2. The van der Waals surface area contributed by atoms with Crippen molar-refractivity contribution in [3.05, 3.63) is 35.4 Å². The number of nitrogens with zero attached hydrogens (tertiary/aromatic N) is 3. The molecule has 2 N–H and O–H groups in total. The average molecular weight is 374 g/mol. The summed E-state index contributed by atoms with van der Waals surface area (Å²) in [4.78, 5) is 18.2. The Hall–Kier alpha value is -1.62. The van der Waals surface area contributed by atoms with Crippen molar-refractivity contribution in [3.8, 4) is 0 Å². The van der Waals surface area contributed by atoms with E-state index in [0.29, 0.717) is 0 Å². The van der Waals surface area contributed by atoms with Gasteiger partial charge in [-0.05, 0) is 65.0 Å². The third-order valence-corrected chi connectivity index (χ3v) is 5.39. The molecule has 5 nitrogen and oxygen atoms in total. The molecule has 0 aromatic carbocycles. The number of imidazole rings is 2. The maximum atomic E-state index is 4.54. The number of aryl methyl sites for hydroxylation is 4. The Balaban J connectivity index is 1.81. The number of hydrogen-bond donors (Lipinski definition) is 2. The minimum absolute atomic E-state index is 0.824. The first-order valence-electron chi connectivity index (χ1n) is 10.8. The summed E-state index contributed by atoms with van der Waals surface area (Å²) in [7, 11) is 0. The van der Waals surface area contributed by atoms with Crippen LogP contribution in [0.3, 0.4) is 0 Å². The van der Waals surface area contributed by atoms with Crippen molar-refractivity contribution in [1.29, 1.82) is 0 Å². The van der Waals surface area contributed by atoms with Gasteiger partial charge in [-0.3, -0.25) is 0 Å². The topological polar surface area (TPSA) is 60.6 Å². The Labute approximate surface area is 165 Å². The summed E-state index contributed by atoms with van der Waals surface area (Å²) in [6.07, 6.45) is 13.9. The summed E-state index contributed by atoms with van der Waals surface area (Å²) in [5.74, 6) is 2.86. The summed E-state index contributed by atoms with van der Waals surface area (Å²) >= 11 is 0. The SMILES string of the molecule is CCCCC(CC)CN(CCCc1c[nH]c(C)n1)CCCc1c[nH]c(C)n1. The molecule has 2 aromatic heterocycles. The fourth-order valence-corrected chi connectivity index (χ4v) is 3.74. The number of hydrogen-bond acceptors (Lipinski definition) is 3. The molecular weight excluding hydrogens is 334 g/mol. The van der Waals surface area contributed by atoms with Gasteiger partial charge in [0, 0.05) is 18.9 Å².